The van der Waals surface area contributed by atoms with Gasteiger partial charge in [-0.05, 0) is 31.1 Å². The summed E-state index contributed by atoms with van der Waals surface area (Å²) in [4.78, 5) is 7.82. The van der Waals surface area contributed by atoms with Gasteiger partial charge in [-0.3, -0.25) is 0 Å². The Balaban J connectivity index is 2.25. The SMILES string of the molecule is CCCC(C)(C)C1CCCc2[nH]cnc21. The Morgan fingerprint density at radius 3 is 3.07 bits per heavy atom. The average molecular weight is 206 g/mol. The minimum atomic E-state index is 0.402. The van der Waals surface area contributed by atoms with Crippen LogP contribution in [0.3, 0.4) is 0 Å². The molecule has 1 unspecified atom stereocenters. The summed E-state index contributed by atoms with van der Waals surface area (Å²) in [7, 11) is 0. The number of aromatic nitrogens is 2. The van der Waals surface area contributed by atoms with Gasteiger partial charge in [-0.25, -0.2) is 4.98 Å². The number of aromatic amines is 1. The molecule has 1 atom stereocenters. The van der Waals surface area contributed by atoms with Gasteiger partial charge in [-0.2, -0.15) is 0 Å². The lowest BCUT2D eigenvalue weighted by molar-refractivity contribution is 0.232. The van der Waals surface area contributed by atoms with E-state index in [-0.39, 0.29) is 0 Å². The molecule has 0 fully saturated rings. The molecule has 84 valence electrons. The fourth-order valence-corrected chi connectivity index (χ4v) is 3.03. The molecule has 0 spiro atoms. The van der Waals surface area contributed by atoms with Crippen molar-refractivity contribution in [3.63, 3.8) is 0 Å². The molecule has 15 heavy (non-hydrogen) atoms. The van der Waals surface area contributed by atoms with Crippen molar-refractivity contribution in [3.8, 4) is 0 Å². The van der Waals surface area contributed by atoms with Gasteiger partial charge < -0.3 is 4.98 Å². The van der Waals surface area contributed by atoms with Gasteiger partial charge in [0.25, 0.3) is 0 Å². The number of aryl methyl sites for hydroxylation is 1. The Kier molecular flexibility index (Phi) is 2.85. The first-order valence-corrected chi connectivity index (χ1v) is 6.17. The van der Waals surface area contributed by atoms with Crippen LogP contribution in [0.4, 0.5) is 0 Å². The molecular formula is C13H22N2. The van der Waals surface area contributed by atoms with Crippen LogP contribution >= 0.6 is 0 Å². The van der Waals surface area contributed by atoms with Crippen LogP contribution in [0.15, 0.2) is 6.33 Å². The maximum Gasteiger partial charge on any atom is 0.0925 e. The maximum absolute atomic E-state index is 4.53. The second-order valence-electron chi connectivity index (χ2n) is 5.45. The van der Waals surface area contributed by atoms with Crippen LogP contribution in [-0.4, -0.2) is 9.97 Å². The third kappa shape index (κ3) is 1.95. The lowest BCUT2D eigenvalue weighted by Gasteiger charge is -2.36. The maximum atomic E-state index is 4.53. The van der Waals surface area contributed by atoms with Gasteiger partial charge in [-0.15, -0.1) is 0 Å². The summed E-state index contributed by atoms with van der Waals surface area (Å²) < 4.78 is 0. The first-order valence-electron chi connectivity index (χ1n) is 6.17. The molecule has 1 aliphatic carbocycles. The first-order chi connectivity index (χ1) is 7.15. The van der Waals surface area contributed by atoms with Crippen LogP contribution in [0.1, 0.15) is 63.8 Å². The number of fused-ring (bicyclic) bond motifs is 1. The summed E-state index contributed by atoms with van der Waals surface area (Å²) in [5, 5.41) is 0. The van der Waals surface area contributed by atoms with E-state index in [0.29, 0.717) is 11.3 Å². The van der Waals surface area contributed by atoms with Crippen molar-refractivity contribution in [2.45, 2.75) is 58.8 Å². The van der Waals surface area contributed by atoms with Crippen molar-refractivity contribution in [2.24, 2.45) is 5.41 Å². The fourth-order valence-electron chi connectivity index (χ4n) is 3.03. The molecule has 0 aliphatic heterocycles. The standard InChI is InChI=1S/C13H22N2/c1-4-8-13(2,3)10-6-5-7-11-12(10)15-9-14-11/h9-10H,4-8H2,1-3H3,(H,14,15). The van der Waals surface area contributed by atoms with Crippen molar-refractivity contribution in [3.05, 3.63) is 17.7 Å². The van der Waals surface area contributed by atoms with Crippen LogP contribution in [0.25, 0.3) is 0 Å². The lowest BCUT2D eigenvalue weighted by Crippen LogP contribution is -2.26. The van der Waals surface area contributed by atoms with E-state index in [1.165, 1.54) is 43.5 Å². The number of hydrogen-bond donors (Lipinski definition) is 1. The quantitative estimate of drug-likeness (QED) is 0.803. The van der Waals surface area contributed by atoms with Gasteiger partial charge in [0.2, 0.25) is 0 Å². The third-order valence-corrected chi connectivity index (χ3v) is 3.84. The molecule has 0 amide bonds. The molecule has 0 aromatic carbocycles. The van der Waals surface area contributed by atoms with Crippen molar-refractivity contribution >= 4 is 0 Å². The predicted molar refractivity (Wildman–Crippen MR) is 63.0 cm³/mol. The smallest absolute Gasteiger partial charge is 0.0925 e. The molecule has 2 heteroatoms. The van der Waals surface area contributed by atoms with E-state index in [1.54, 1.807) is 0 Å². The molecule has 1 aromatic heterocycles. The Morgan fingerprint density at radius 2 is 2.33 bits per heavy atom. The van der Waals surface area contributed by atoms with E-state index < -0.39 is 0 Å². The minimum Gasteiger partial charge on any atom is -0.348 e. The monoisotopic (exact) mass is 206 g/mol. The van der Waals surface area contributed by atoms with Gasteiger partial charge in [0.15, 0.2) is 0 Å². The normalized spacial score (nSPS) is 21.4. The number of rotatable bonds is 3. The molecule has 2 nitrogen and oxygen atoms in total. The van der Waals surface area contributed by atoms with Crippen LogP contribution in [-0.2, 0) is 6.42 Å². The van der Waals surface area contributed by atoms with E-state index in [0.717, 1.165) is 0 Å². The summed E-state index contributed by atoms with van der Waals surface area (Å²) >= 11 is 0. The molecule has 0 saturated heterocycles. The number of imidazole rings is 1. The average Bonchev–Trinajstić information content (AvgIpc) is 2.64. The van der Waals surface area contributed by atoms with E-state index >= 15 is 0 Å². The second-order valence-corrected chi connectivity index (χ2v) is 5.45. The second kappa shape index (κ2) is 3.99. The first kappa shape index (κ1) is 10.7. The number of H-pyrrole nitrogens is 1. The molecule has 1 N–H and O–H groups in total. The van der Waals surface area contributed by atoms with Gasteiger partial charge in [0.1, 0.15) is 0 Å². The zero-order valence-electron chi connectivity index (χ0n) is 10.1. The summed E-state index contributed by atoms with van der Waals surface area (Å²) in [6.07, 6.45) is 8.24. The molecule has 0 radical (unpaired) electrons. The summed E-state index contributed by atoms with van der Waals surface area (Å²) in [5.41, 5.74) is 3.13. The highest BCUT2D eigenvalue weighted by molar-refractivity contribution is 5.21. The van der Waals surface area contributed by atoms with E-state index in [4.69, 9.17) is 0 Å². The summed E-state index contributed by atoms with van der Waals surface area (Å²) in [6, 6.07) is 0. The van der Waals surface area contributed by atoms with Gasteiger partial charge in [0.05, 0.1) is 12.0 Å². The number of nitrogens with one attached hydrogen (secondary N) is 1. The number of nitrogens with zero attached hydrogens (tertiary/aromatic N) is 1. The van der Waals surface area contributed by atoms with E-state index in [2.05, 4.69) is 30.7 Å². The third-order valence-electron chi connectivity index (χ3n) is 3.84. The lowest BCUT2D eigenvalue weighted by atomic mass is 9.69. The molecule has 0 saturated carbocycles. The summed E-state index contributed by atoms with van der Waals surface area (Å²) in [5.74, 6) is 0.660. The van der Waals surface area contributed by atoms with Gasteiger partial charge in [-0.1, -0.05) is 27.2 Å². The molecular weight excluding hydrogens is 184 g/mol. The summed E-state index contributed by atoms with van der Waals surface area (Å²) in [6.45, 7) is 7.06. The molecule has 1 heterocycles. The van der Waals surface area contributed by atoms with Crippen LogP contribution in [0.5, 0.6) is 0 Å². The largest absolute Gasteiger partial charge is 0.348 e. The highest BCUT2D eigenvalue weighted by Crippen LogP contribution is 2.44. The number of hydrogen-bond acceptors (Lipinski definition) is 1. The highest BCUT2D eigenvalue weighted by atomic mass is 14.9. The van der Waals surface area contributed by atoms with Crippen molar-refractivity contribution in [2.75, 3.05) is 0 Å². The van der Waals surface area contributed by atoms with Crippen molar-refractivity contribution in [1.82, 2.24) is 9.97 Å². The topological polar surface area (TPSA) is 28.7 Å². The minimum absolute atomic E-state index is 0.402. The Labute approximate surface area is 92.5 Å². The fraction of sp³-hybridized carbons (Fsp3) is 0.769. The Hall–Kier alpha value is -0.790. The van der Waals surface area contributed by atoms with Crippen molar-refractivity contribution < 1.29 is 0 Å². The molecule has 2 rings (SSSR count). The van der Waals surface area contributed by atoms with E-state index in [1.807, 2.05) is 6.33 Å². The molecule has 0 bridgehead atoms. The van der Waals surface area contributed by atoms with Gasteiger partial charge in [0, 0.05) is 11.6 Å². The zero-order chi connectivity index (χ0) is 10.9. The van der Waals surface area contributed by atoms with Gasteiger partial charge >= 0.3 is 0 Å². The molecule has 1 aromatic rings. The van der Waals surface area contributed by atoms with E-state index in [9.17, 15) is 0 Å². The Bertz CT molecular complexity index is 325. The van der Waals surface area contributed by atoms with Crippen LogP contribution < -0.4 is 0 Å². The van der Waals surface area contributed by atoms with Crippen LogP contribution in [0, 0.1) is 5.41 Å². The van der Waals surface area contributed by atoms with Crippen LogP contribution in [0.2, 0.25) is 0 Å². The highest BCUT2D eigenvalue weighted by Gasteiger charge is 2.34. The zero-order valence-corrected chi connectivity index (χ0v) is 10.1. The Morgan fingerprint density at radius 1 is 1.53 bits per heavy atom. The predicted octanol–water partition coefficient (Wildman–Crippen LogP) is 3.66. The molecule has 1 aliphatic rings. The van der Waals surface area contributed by atoms with Crippen molar-refractivity contribution in [1.29, 1.82) is 0 Å².